The van der Waals surface area contributed by atoms with E-state index in [-0.39, 0.29) is 23.8 Å². The fraction of sp³-hybridized carbons (Fsp3) is 0.500. The molecule has 34 heavy (non-hydrogen) atoms. The van der Waals surface area contributed by atoms with Crippen molar-refractivity contribution in [2.24, 2.45) is 5.92 Å². The van der Waals surface area contributed by atoms with Crippen LogP contribution in [0.5, 0.6) is 0 Å². The maximum atomic E-state index is 13.0. The monoisotopic (exact) mass is 484 g/mol. The highest BCUT2D eigenvalue weighted by Crippen LogP contribution is 2.28. The maximum absolute atomic E-state index is 13.0. The number of hydrogen-bond donors (Lipinski definition) is 1. The van der Waals surface area contributed by atoms with E-state index in [9.17, 15) is 9.59 Å². The number of amides is 2. The summed E-state index contributed by atoms with van der Waals surface area (Å²) in [6, 6.07) is 7.48. The van der Waals surface area contributed by atoms with Gasteiger partial charge < -0.3 is 15.0 Å². The number of nitrogens with zero attached hydrogens (tertiary/aromatic N) is 3. The molecule has 2 amide bonds. The number of carbonyl (C=O) groups excluding carboxylic acids is 2. The van der Waals surface area contributed by atoms with Crippen molar-refractivity contribution in [1.29, 1.82) is 0 Å². The van der Waals surface area contributed by atoms with Crippen molar-refractivity contribution in [2.45, 2.75) is 46.2 Å². The SMILES string of the molecule is Cc1ccc(C(=O)Nc2cc(Cl)cc(CN3CCN(C(=O)C4CCOCC4)[C@@H](C)C3)c2C)cn1. The van der Waals surface area contributed by atoms with E-state index in [0.29, 0.717) is 36.0 Å². The molecule has 1 N–H and O–H groups in total. The first-order chi connectivity index (χ1) is 16.3. The molecule has 0 spiro atoms. The molecule has 8 heteroatoms. The van der Waals surface area contributed by atoms with Gasteiger partial charge in [0, 0.05) is 74.0 Å². The van der Waals surface area contributed by atoms with Crippen LogP contribution in [0.15, 0.2) is 30.5 Å². The molecule has 2 saturated heterocycles. The standard InChI is InChI=1S/C26H33ClN4O3/c1-17-4-5-21(14-28-17)25(32)29-24-13-23(27)12-22(19(24)3)16-30-8-9-31(18(2)15-30)26(33)20-6-10-34-11-7-20/h4-5,12-14,18,20H,6-11,15-16H2,1-3H3,(H,29,32)/t18-/m0/s1. The quantitative estimate of drug-likeness (QED) is 0.692. The molecule has 1 atom stereocenters. The lowest BCUT2D eigenvalue weighted by Gasteiger charge is -2.42. The van der Waals surface area contributed by atoms with Crippen LogP contribution in [0.3, 0.4) is 0 Å². The first-order valence-electron chi connectivity index (χ1n) is 12.0. The minimum Gasteiger partial charge on any atom is -0.381 e. The number of aromatic nitrogens is 1. The summed E-state index contributed by atoms with van der Waals surface area (Å²) in [6.45, 7) is 10.4. The zero-order chi connectivity index (χ0) is 24.2. The summed E-state index contributed by atoms with van der Waals surface area (Å²) in [7, 11) is 0. The topological polar surface area (TPSA) is 74.8 Å². The van der Waals surface area contributed by atoms with Crippen LogP contribution in [0, 0.1) is 19.8 Å². The third kappa shape index (κ3) is 5.77. The van der Waals surface area contributed by atoms with E-state index in [1.165, 1.54) is 0 Å². The molecule has 0 saturated carbocycles. The summed E-state index contributed by atoms with van der Waals surface area (Å²) < 4.78 is 5.41. The second-order valence-corrected chi connectivity index (χ2v) is 9.82. The van der Waals surface area contributed by atoms with Gasteiger partial charge in [0.05, 0.1) is 5.56 Å². The van der Waals surface area contributed by atoms with Gasteiger partial charge in [-0.2, -0.15) is 0 Å². The Bertz CT molecular complexity index is 1040. The van der Waals surface area contributed by atoms with E-state index < -0.39 is 0 Å². The Hall–Kier alpha value is -2.48. The van der Waals surface area contributed by atoms with Gasteiger partial charge in [0.2, 0.25) is 5.91 Å². The van der Waals surface area contributed by atoms with Gasteiger partial charge in [-0.1, -0.05) is 11.6 Å². The third-order valence-corrected chi connectivity index (χ3v) is 7.08. The van der Waals surface area contributed by atoms with Crippen molar-refractivity contribution in [3.05, 3.63) is 57.9 Å². The normalized spacial score (nSPS) is 19.8. The van der Waals surface area contributed by atoms with Crippen molar-refractivity contribution in [1.82, 2.24) is 14.8 Å². The third-order valence-electron chi connectivity index (χ3n) is 6.86. The lowest BCUT2D eigenvalue weighted by Crippen LogP contribution is -2.55. The van der Waals surface area contributed by atoms with Gasteiger partial charge in [-0.05, 0) is 69.0 Å². The molecule has 0 unspecified atom stereocenters. The van der Waals surface area contributed by atoms with Crippen LogP contribution in [0.4, 0.5) is 5.69 Å². The van der Waals surface area contributed by atoms with Crippen LogP contribution in [-0.2, 0) is 16.1 Å². The number of ether oxygens (including phenoxy) is 1. The summed E-state index contributed by atoms with van der Waals surface area (Å²) in [5.74, 6) is 0.149. The van der Waals surface area contributed by atoms with E-state index in [1.54, 1.807) is 18.3 Å². The lowest BCUT2D eigenvalue weighted by molar-refractivity contribution is -0.143. The molecule has 2 fully saturated rings. The molecule has 4 rings (SSSR count). The molecular formula is C26H33ClN4O3. The summed E-state index contributed by atoms with van der Waals surface area (Å²) in [5.41, 5.74) is 4.13. The zero-order valence-electron chi connectivity index (χ0n) is 20.1. The Morgan fingerprint density at radius 3 is 2.62 bits per heavy atom. The minimum absolute atomic E-state index is 0.0906. The first-order valence-corrected chi connectivity index (χ1v) is 12.3. The first kappa shape index (κ1) is 24.6. The van der Waals surface area contributed by atoms with E-state index in [2.05, 4.69) is 22.1 Å². The molecule has 2 aliphatic rings. The number of benzene rings is 1. The van der Waals surface area contributed by atoms with Gasteiger partial charge >= 0.3 is 0 Å². The highest BCUT2D eigenvalue weighted by atomic mass is 35.5. The fourth-order valence-corrected chi connectivity index (χ4v) is 4.99. The van der Waals surface area contributed by atoms with Gasteiger partial charge in [-0.15, -0.1) is 0 Å². The molecule has 0 radical (unpaired) electrons. The smallest absolute Gasteiger partial charge is 0.257 e. The largest absolute Gasteiger partial charge is 0.381 e. The van der Waals surface area contributed by atoms with E-state index in [1.807, 2.05) is 30.9 Å². The highest BCUT2D eigenvalue weighted by Gasteiger charge is 2.32. The number of pyridine rings is 1. The van der Waals surface area contributed by atoms with Crippen LogP contribution in [0.25, 0.3) is 0 Å². The van der Waals surface area contributed by atoms with E-state index in [4.69, 9.17) is 16.3 Å². The molecule has 182 valence electrons. The van der Waals surface area contributed by atoms with Gasteiger partial charge in [0.25, 0.3) is 5.91 Å². The number of rotatable bonds is 5. The van der Waals surface area contributed by atoms with E-state index >= 15 is 0 Å². The average Bonchev–Trinajstić information content (AvgIpc) is 2.82. The molecule has 2 aromatic rings. The predicted octanol–water partition coefficient (Wildman–Crippen LogP) is 4.06. The van der Waals surface area contributed by atoms with E-state index in [0.717, 1.165) is 49.3 Å². The second-order valence-electron chi connectivity index (χ2n) is 9.38. The molecular weight excluding hydrogens is 452 g/mol. The number of nitrogens with one attached hydrogen (secondary N) is 1. The average molecular weight is 485 g/mol. The van der Waals surface area contributed by atoms with Gasteiger partial charge in [0.1, 0.15) is 0 Å². The van der Waals surface area contributed by atoms with Crippen molar-refractivity contribution in [3.63, 3.8) is 0 Å². The van der Waals surface area contributed by atoms with Gasteiger partial charge in [0.15, 0.2) is 0 Å². The van der Waals surface area contributed by atoms with Crippen molar-refractivity contribution in [3.8, 4) is 0 Å². The van der Waals surface area contributed by atoms with Crippen LogP contribution >= 0.6 is 11.6 Å². The fourth-order valence-electron chi connectivity index (χ4n) is 4.75. The molecule has 0 aliphatic carbocycles. The molecule has 2 aliphatic heterocycles. The summed E-state index contributed by atoms with van der Waals surface area (Å²) in [6.07, 6.45) is 3.22. The van der Waals surface area contributed by atoms with Crippen LogP contribution in [-0.4, -0.2) is 65.5 Å². The zero-order valence-corrected chi connectivity index (χ0v) is 20.9. The van der Waals surface area contributed by atoms with Gasteiger partial charge in [-0.3, -0.25) is 19.5 Å². The Morgan fingerprint density at radius 1 is 1.18 bits per heavy atom. The Kier molecular flexibility index (Phi) is 7.86. The summed E-state index contributed by atoms with van der Waals surface area (Å²) in [5, 5.41) is 3.57. The summed E-state index contributed by atoms with van der Waals surface area (Å²) in [4.78, 5) is 34.3. The minimum atomic E-state index is -0.210. The van der Waals surface area contributed by atoms with Crippen molar-refractivity contribution < 1.29 is 14.3 Å². The van der Waals surface area contributed by atoms with Crippen molar-refractivity contribution in [2.75, 3.05) is 38.2 Å². The van der Waals surface area contributed by atoms with Gasteiger partial charge in [-0.25, -0.2) is 0 Å². The molecule has 0 bridgehead atoms. The van der Waals surface area contributed by atoms with Crippen molar-refractivity contribution >= 4 is 29.1 Å². The molecule has 3 heterocycles. The summed E-state index contributed by atoms with van der Waals surface area (Å²) >= 11 is 6.42. The maximum Gasteiger partial charge on any atom is 0.257 e. The van der Waals surface area contributed by atoms with Crippen LogP contribution < -0.4 is 5.32 Å². The molecule has 1 aromatic carbocycles. The number of halogens is 1. The lowest BCUT2D eigenvalue weighted by atomic mass is 9.97. The number of aryl methyl sites for hydroxylation is 1. The second kappa shape index (κ2) is 10.8. The predicted molar refractivity (Wildman–Crippen MR) is 133 cm³/mol. The Morgan fingerprint density at radius 2 is 1.94 bits per heavy atom. The molecule has 1 aromatic heterocycles. The van der Waals surface area contributed by atoms with Crippen LogP contribution in [0.2, 0.25) is 5.02 Å². The Balaban J connectivity index is 1.41. The van der Waals surface area contributed by atoms with Crippen LogP contribution in [0.1, 0.15) is 46.9 Å². The number of anilines is 1. The number of carbonyl (C=O) groups is 2. The Labute approximate surface area is 206 Å². The number of piperazine rings is 1. The molecule has 7 nitrogen and oxygen atoms in total. The highest BCUT2D eigenvalue weighted by molar-refractivity contribution is 6.31. The number of hydrogen-bond acceptors (Lipinski definition) is 5.